The quantitative estimate of drug-likeness (QED) is 0.250. The molecule has 5 rings (SSSR count). The summed E-state index contributed by atoms with van der Waals surface area (Å²) in [5, 5.41) is 0.527. The number of anilines is 1. The summed E-state index contributed by atoms with van der Waals surface area (Å²) in [6.07, 6.45) is 1.91. The van der Waals surface area contributed by atoms with Crippen LogP contribution in [0.2, 0.25) is 4.34 Å². The van der Waals surface area contributed by atoms with Gasteiger partial charge in [0.15, 0.2) is 5.13 Å². The Balaban J connectivity index is 1.53. The van der Waals surface area contributed by atoms with E-state index in [1.54, 1.807) is 11.0 Å². The lowest BCUT2D eigenvalue weighted by atomic mass is 10.0. The Kier molecular flexibility index (Phi) is 7.83. The largest absolute Gasteiger partial charge is 0.494 e. The molecular formula is C26H26ClN3O4S3. The molecule has 0 N–H and O–H groups in total. The fraction of sp³-hybridized carbons (Fsp3) is 0.308. The number of thiophene rings is 1. The number of sulfonamides is 1. The lowest BCUT2D eigenvalue weighted by molar-refractivity contribution is -0.123. The van der Waals surface area contributed by atoms with Crippen LogP contribution in [0.5, 0.6) is 5.75 Å². The third-order valence-electron chi connectivity index (χ3n) is 6.19. The predicted molar refractivity (Wildman–Crippen MR) is 149 cm³/mol. The molecule has 0 aliphatic carbocycles. The topological polar surface area (TPSA) is 79.8 Å². The van der Waals surface area contributed by atoms with Crippen LogP contribution in [0.3, 0.4) is 0 Å². The number of benzene rings is 2. The highest BCUT2D eigenvalue weighted by atomic mass is 35.5. The number of carbonyl (C=O) groups excluding carboxylic acids is 1. The molecule has 1 aliphatic heterocycles. The molecule has 2 aromatic heterocycles. The van der Waals surface area contributed by atoms with E-state index < -0.39 is 16.1 Å². The van der Waals surface area contributed by atoms with Crippen LogP contribution in [-0.2, 0) is 21.4 Å². The molecule has 1 saturated heterocycles. The molecule has 11 heteroatoms. The second kappa shape index (κ2) is 11.1. The van der Waals surface area contributed by atoms with E-state index in [1.165, 1.54) is 21.7 Å². The number of carbonyl (C=O) groups is 1. The van der Waals surface area contributed by atoms with Gasteiger partial charge in [0.05, 0.1) is 27.7 Å². The molecule has 4 aromatic rings. The average Bonchev–Trinajstić information content (AvgIpc) is 3.54. The molecule has 37 heavy (non-hydrogen) atoms. The number of ether oxygens (including phenoxy) is 1. The van der Waals surface area contributed by atoms with Crippen LogP contribution in [-0.4, -0.2) is 42.8 Å². The molecule has 0 bridgehead atoms. The molecule has 0 spiro atoms. The van der Waals surface area contributed by atoms with Crippen LogP contribution < -0.4 is 9.64 Å². The van der Waals surface area contributed by atoms with Gasteiger partial charge in [-0.25, -0.2) is 13.4 Å². The van der Waals surface area contributed by atoms with Crippen LogP contribution in [0.25, 0.3) is 10.2 Å². The zero-order valence-corrected chi connectivity index (χ0v) is 23.4. The van der Waals surface area contributed by atoms with Gasteiger partial charge in [-0.15, -0.1) is 11.3 Å². The standard InChI is InChI=1S/C26H26ClN3O4S3/c1-2-34-19-11-12-20-22(16-19)35-26(28-20)29(17-18-8-4-3-5-9-18)25(31)21-10-6-7-15-30(21)37(32,33)24-14-13-23(27)36-24/h3-5,8-9,11-14,16,21H,2,6-7,10,15,17H2,1H3. The van der Waals surface area contributed by atoms with Crippen molar-refractivity contribution in [1.82, 2.24) is 9.29 Å². The SMILES string of the molecule is CCOc1ccc2nc(N(Cc3ccccc3)C(=O)C3CCCCN3S(=O)(=O)c3ccc(Cl)s3)sc2c1. The van der Waals surface area contributed by atoms with Crippen molar-refractivity contribution in [3.63, 3.8) is 0 Å². The molecule has 1 unspecified atom stereocenters. The van der Waals surface area contributed by atoms with Gasteiger partial charge in [0, 0.05) is 6.54 Å². The number of amides is 1. The maximum Gasteiger partial charge on any atom is 0.253 e. The first-order chi connectivity index (χ1) is 17.9. The lowest BCUT2D eigenvalue weighted by Gasteiger charge is -2.35. The van der Waals surface area contributed by atoms with Gasteiger partial charge in [0.25, 0.3) is 10.0 Å². The molecule has 1 amide bonds. The maximum absolute atomic E-state index is 14.2. The highest BCUT2D eigenvalue weighted by Gasteiger charge is 2.41. The van der Waals surface area contributed by atoms with Crippen molar-refractivity contribution in [3.8, 4) is 5.75 Å². The molecule has 3 heterocycles. The zero-order valence-electron chi connectivity index (χ0n) is 20.2. The number of hydrogen-bond acceptors (Lipinski definition) is 7. The first kappa shape index (κ1) is 26.1. The number of hydrogen-bond donors (Lipinski definition) is 0. The monoisotopic (exact) mass is 575 g/mol. The van der Waals surface area contributed by atoms with Crippen molar-refractivity contribution in [2.45, 2.75) is 43.0 Å². The Morgan fingerprint density at radius 3 is 2.68 bits per heavy atom. The molecule has 7 nitrogen and oxygen atoms in total. The Morgan fingerprint density at radius 1 is 1.14 bits per heavy atom. The van der Waals surface area contributed by atoms with Crippen LogP contribution in [0.1, 0.15) is 31.7 Å². The summed E-state index contributed by atoms with van der Waals surface area (Å²) in [6.45, 7) is 3.05. The summed E-state index contributed by atoms with van der Waals surface area (Å²) < 4.78 is 35.5. The van der Waals surface area contributed by atoms with Crippen LogP contribution in [0.15, 0.2) is 64.9 Å². The minimum absolute atomic E-state index is 0.148. The summed E-state index contributed by atoms with van der Waals surface area (Å²) >= 11 is 8.44. The fourth-order valence-corrected chi connectivity index (χ4v) is 8.70. The molecular weight excluding hydrogens is 550 g/mol. The maximum atomic E-state index is 14.2. The van der Waals surface area contributed by atoms with Gasteiger partial charge in [0.2, 0.25) is 5.91 Å². The summed E-state index contributed by atoms with van der Waals surface area (Å²) in [5.41, 5.74) is 1.69. The molecule has 0 radical (unpaired) electrons. The van der Waals surface area contributed by atoms with E-state index in [2.05, 4.69) is 0 Å². The normalized spacial score (nSPS) is 16.6. The highest BCUT2D eigenvalue weighted by molar-refractivity contribution is 7.91. The van der Waals surface area contributed by atoms with Crippen molar-refractivity contribution in [2.24, 2.45) is 0 Å². The summed E-state index contributed by atoms with van der Waals surface area (Å²) in [6, 6.07) is 17.6. The third-order valence-corrected chi connectivity index (χ3v) is 10.8. The highest BCUT2D eigenvalue weighted by Crippen LogP contribution is 2.36. The molecule has 1 fully saturated rings. The lowest BCUT2D eigenvalue weighted by Crippen LogP contribution is -2.52. The number of fused-ring (bicyclic) bond motifs is 1. The van der Waals surface area contributed by atoms with Crippen molar-refractivity contribution in [3.05, 3.63) is 70.6 Å². The predicted octanol–water partition coefficient (Wildman–Crippen LogP) is 6.19. The van der Waals surface area contributed by atoms with Gasteiger partial charge in [-0.2, -0.15) is 4.31 Å². The Bertz CT molecular complexity index is 1500. The van der Waals surface area contributed by atoms with E-state index in [-0.39, 0.29) is 23.2 Å². The van der Waals surface area contributed by atoms with Gasteiger partial charge in [0.1, 0.15) is 16.0 Å². The minimum Gasteiger partial charge on any atom is -0.494 e. The second-order valence-corrected chi connectivity index (χ2v) is 13.5. The number of rotatable bonds is 8. The summed E-state index contributed by atoms with van der Waals surface area (Å²) in [4.78, 5) is 20.6. The van der Waals surface area contributed by atoms with E-state index in [9.17, 15) is 13.2 Å². The zero-order chi connectivity index (χ0) is 26.0. The van der Waals surface area contributed by atoms with E-state index >= 15 is 0 Å². The Labute approximate surface area is 229 Å². The van der Waals surface area contributed by atoms with E-state index in [0.29, 0.717) is 28.9 Å². The number of nitrogens with zero attached hydrogens (tertiary/aromatic N) is 3. The Morgan fingerprint density at radius 2 is 1.95 bits per heavy atom. The van der Waals surface area contributed by atoms with Gasteiger partial charge in [-0.05, 0) is 55.7 Å². The van der Waals surface area contributed by atoms with Crippen molar-refractivity contribution in [1.29, 1.82) is 0 Å². The summed E-state index contributed by atoms with van der Waals surface area (Å²) in [7, 11) is -3.87. The number of thiazole rings is 1. The van der Waals surface area contributed by atoms with Crippen LogP contribution >= 0.6 is 34.3 Å². The molecule has 1 atom stereocenters. The molecule has 194 valence electrons. The van der Waals surface area contributed by atoms with Crippen LogP contribution in [0, 0.1) is 0 Å². The van der Waals surface area contributed by atoms with E-state index in [1.807, 2.05) is 55.5 Å². The third kappa shape index (κ3) is 5.53. The first-order valence-electron chi connectivity index (χ1n) is 12.0. The fourth-order valence-electron chi connectivity index (χ4n) is 4.44. The Hall–Kier alpha value is -2.50. The smallest absolute Gasteiger partial charge is 0.253 e. The average molecular weight is 576 g/mol. The van der Waals surface area contributed by atoms with Crippen LogP contribution in [0.4, 0.5) is 5.13 Å². The number of piperidine rings is 1. The molecule has 0 saturated carbocycles. The molecule has 1 aliphatic rings. The number of aromatic nitrogens is 1. The second-order valence-electron chi connectivity index (χ2n) is 8.65. The van der Waals surface area contributed by atoms with E-state index in [4.69, 9.17) is 21.3 Å². The van der Waals surface area contributed by atoms with Gasteiger partial charge in [-0.1, -0.05) is 59.7 Å². The van der Waals surface area contributed by atoms with Gasteiger partial charge in [-0.3, -0.25) is 9.69 Å². The van der Waals surface area contributed by atoms with Gasteiger partial charge < -0.3 is 4.74 Å². The minimum atomic E-state index is -3.87. The number of halogens is 1. The van der Waals surface area contributed by atoms with Crippen molar-refractivity contribution < 1.29 is 17.9 Å². The first-order valence-corrected chi connectivity index (χ1v) is 15.5. The van der Waals surface area contributed by atoms with Gasteiger partial charge >= 0.3 is 0 Å². The molecule has 2 aromatic carbocycles. The van der Waals surface area contributed by atoms with Crippen molar-refractivity contribution >= 4 is 65.6 Å². The summed E-state index contributed by atoms with van der Waals surface area (Å²) in [5.74, 6) is 0.462. The van der Waals surface area contributed by atoms with E-state index in [0.717, 1.165) is 39.3 Å². The van der Waals surface area contributed by atoms with Crippen molar-refractivity contribution in [2.75, 3.05) is 18.1 Å².